The highest BCUT2D eigenvalue weighted by Gasteiger charge is 2.41. The van der Waals surface area contributed by atoms with Gasteiger partial charge < -0.3 is 15.4 Å². The Morgan fingerprint density at radius 1 is 1.27 bits per heavy atom. The Hall–Kier alpha value is -1.39. The van der Waals surface area contributed by atoms with Gasteiger partial charge in [0.25, 0.3) is 0 Å². The molecule has 1 atom stereocenters. The summed E-state index contributed by atoms with van der Waals surface area (Å²) in [5.74, 6) is 0.605. The van der Waals surface area contributed by atoms with Crippen LogP contribution in [0.2, 0.25) is 0 Å². The number of carbonyl (C=O) groups is 1. The van der Waals surface area contributed by atoms with E-state index < -0.39 is 5.54 Å². The molecule has 0 aromatic heterocycles. The van der Waals surface area contributed by atoms with E-state index >= 15 is 0 Å². The van der Waals surface area contributed by atoms with Crippen molar-refractivity contribution in [1.82, 2.24) is 4.90 Å². The van der Waals surface area contributed by atoms with Crippen molar-refractivity contribution in [2.24, 2.45) is 11.7 Å². The summed E-state index contributed by atoms with van der Waals surface area (Å²) in [6.07, 6.45) is 4.88. The van der Waals surface area contributed by atoms with Gasteiger partial charge in [-0.1, -0.05) is 43.2 Å². The lowest BCUT2D eigenvalue weighted by Crippen LogP contribution is -2.53. The number of benzene rings is 1. The molecule has 1 amide bonds. The van der Waals surface area contributed by atoms with E-state index in [1.54, 1.807) is 0 Å². The van der Waals surface area contributed by atoms with Crippen LogP contribution >= 0.6 is 0 Å². The van der Waals surface area contributed by atoms with E-state index in [9.17, 15) is 4.79 Å². The number of hydrogen-bond acceptors (Lipinski definition) is 3. The highest BCUT2D eigenvalue weighted by atomic mass is 16.5. The second-order valence-electron chi connectivity index (χ2n) is 6.77. The molecular formula is C18H26N2O2. The van der Waals surface area contributed by atoms with E-state index in [1.165, 1.54) is 5.56 Å². The predicted molar refractivity (Wildman–Crippen MR) is 86.2 cm³/mol. The minimum atomic E-state index is -0.584. The van der Waals surface area contributed by atoms with Crippen molar-refractivity contribution in [2.75, 3.05) is 19.7 Å². The number of amides is 1. The van der Waals surface area contributed by atoms with Gasteiger partial charge in [0.1, 0.15) is 0 Å². The van der Waals surface area contributed by atoms with E-state index in [0.717, 1.165) is 51.8 Å². The Balaban J connectivity index is 1.43. The quantitative estimate of drug-likeness (QED) is 0.908. The van der Waals surface area contributed by atoms with E-state index in [4.69, 9.17) is 10.5 Å². The first-order valence-corrected chi connectivity index (χ1v) is 8.37. The maximum absolute atomic E-state index is 12.6. The van der Waals surface area contributed by atoms with Crippen LogP contribution in [0.1, 0.15) is 37.7 Å². The zero-order valence-electron chi connectivity index (χ0n) is 13.2. The van der Waals surface area contributed by atoms with Gasteiger partial charge in [0.2, 0.25) is 5.91 Å². The molecule has 1 aliphatic carbocycles. The summed E-state index contributed by atoms with van der Waals surface area (Å²) >= 11 is 0. The average molecular weight is 302 g/mol. The molecule has 0 spiro atoms. The van der Waals surface area contributed by atoms with Crippen LogP contribution in [0, 0.1) is 5.92 Å². The van der Waals surface area contributed by atoms with Crippen molar-refractivity contribution in [1.29, 1.82) is 0 Å². The van der Waals surface area contributed by atoms with Crippen LogP contribution in [0.25, 0.3) is 0 Å². The number of carbonyl (C=O) groups excluding carboxylic acids is 1. The summed E-state index contributed by atoms with van der Waals surface area (Å²) in [6, 6.07) is 10.2. The first kappa shape index (κ1) is 15.5. The van der Waals surface area contributed by atoms with Gasteiger partial charge >= 0.3 is 0 Å². The van der Waals surface area contributed by atoms with Crippen molar-refractivity contribution in [2.45, 2.75) is 44.2 Å². The van der Waals surface area contributed by atoms with Gasteiger partial charge in [0.05, 0.1) is 18.8 Å². The van der Waals surface area contributed by atoms with Crippen LogP contribution in [0.4, 0.5) is 0 Å². The number of nitrogens with zero attached hydrogens (tertiary/aromatic N) is 1. The monoisotopic (exact) mass is 302 g/mol. The molecule has 1 saturated heterocycles. The Bertz CT molecular complexity index is 497. The molecule has 2 N–H and O–H groups in total. The second-order valence-corrected chi connectivity index (χ2v) is 6.77. The van der Waals surface area contributed by atoms with E-state index in [-0.39, 0.29) is 5.91 Å². The lowest BCUT2D eigenvalue weighted by atomic mass is 9.97. The van der Waals surface area contributed by atoms with Gasteiger partial charge in [0.15, 0.2) is 0 Å². The van der Waals surface area contributed by atoms with Crippen LogP contribution in [-0.2, 0) is 16.1 Å². The molecule has 2 aliphatic rings. The summed E-state index contributed by atoms with van der Waals surface area (Å²) in [4.78, 5) is 14.5. The van der Waals surface area contributed by atoms with E-state index in [0.29, 0.717) is 12.5 Å². The maximum atomic E-state index is 12.6. The van der Waals surface area contributed by atoms with Gasteiger partial charge in [0, 0.05) is 19.0 Å². The van der Waals surface area contributed by atoms with Crippen molar-refractivity contribution >= 4 is 5.91 Å². The summed E-state index contributed by atoms with van der Waals surface area (Å²) in [7, 11) is 0. The van der Waals surface area contributed by atoms with Crippen LogP contribution in [-0.4, -0.2) is 36.0 Å². The van der Waals surface area contributed by atoms with E-state index in [2.05, 4.69) is 12.1 Å². The molecule has 1 aromatic carbocycles. The highest BCUT2D eigenvalue weighted by Crippen LogP contribution is 2.31. The van der Waals surface area contributed by atoms with Crippen LogP contribution in [0.3, 0.4) is 0 Å². The van der Waals surface area contributed by atoms with Crippen LogP contribution in [0.15, 0.2) is 30.3 Å². The lowest BCUT2D eigenvalue weighted by Gasteiger charge is -2.28. The normalized spacial score (nSPS) is 23.9. The molecule has 4 heteroatoms. The average Bonchev–Trinajstić information content (AvgIpc) is 3.18. The SMILES string of the molecule is NC1(C(=O)N2CCC(COCc3ccccc3)C2)CCCC1. The first-order valence-electron chi connectivity index (χ1n) is 8.37. The number of nitrogens with two attached hydrogens (primary N) is 1. The topological polar surface area (TPSA) is 55.6 Å². The number of ether oxygens (including phenoxy) is 1. The predicted octanol–water partition coefficient (Wildman–Crippen LogP) is 2.32. The maximum Gasteiger partial charge on any atom is 0.242 e. The van der Waals surface area contributed by atoms with Crippen LogP contribution < -0.4 is 5.73 Å². The summed E-state index contributed by atoms with van der Waals surface area (Å²) < 4.78 is 5.81. The lowest BCUT2D eigenvalue weighted by molar-refractivity contribution is -0.135. The third-order valence-corrected chi connectivity index (χ3v) is 4.96. The largest absolute Gasteiger partial charge is 0.376 e. The van der Waals surface area contributed by atoms with Gasteiger partial charge in [-0.3, -0.25) is 4.79 Å². The molecule has 1 heterocycles. The fourth-order valence-electron chi connectivity index (χ4n) is 3.61. The summed E-state index contributed by atoms with van der Waals surface area (Å²) in [5, 5.41) is 0. The summed E-state index contributed by atoms with van der Waals surface area (Å²) in [6.45, 7) is 2.99. The van der Waals surface area contributed by atoms with Crippen LogP contribution in [0.5, 0.6) is 0 Å². The van der Waals surface area contributed by atoms with Gasteiger partial charge in [-0.2, -0.15) is 0 Å². The molecule has 22 heavy (non-hydrogen) atoms. The Morgan fingerprint density at radius 3 is 2.73 bits per heavy atom. The van der Waals surface area contributed by atoms with Crippen molar-refractivity contribution in [3.05, 3.63) is 35.9 Å². The smallest absolute Gasteiger partial charge is 0.242 e. The molecule has 3 rings (SSSR count). The highest BCUT2D eigenvalue weighted by molar-refractivity contribution is 5.86. The number of rotatable bonds is 5. The van der Waals surface area contributed by atoms with E-state index in [1.807, 2.05) is 23.1 Å². The third-order valence-electron chi connectivity index (χ3n) is 4.96. The Morgan fingerprint density at radius 2 is 2.00 bits per heavy atom. The molecule has 1 saturated carbocycles. The standard InChI is InChI=1S/C18H26N2O2/c19-18(9-4-5-10-18)17(21)20-11-8-16(12-20)14-22-13-15-6-2-1-3-7-15/h1-3,6-7,16H,4-5,8-14,19H2. The fourth-order valence-corrected chi connectivity index (χ4v) is 3.61. The molecule has 2 fully saturated rings. The van der Waals surface area contributed by atoms with Crippen molar-refractivity contribution in [3.8, 4) is 0 Å². The number of likely N-dealkylation sites (tertiary alicyclic amines) is 1. The second kappa shape index (κ2) is 6.80. The molecule has 0 radical (unpaired) electrons. The van der Waals surface area contributed by atoms with Gasteiger partial charge in [-0.05, 0) is 24.8 Å². The van der Waals surface area contributed by atoms with Crippen molar-refractivity contribution < 1.29 is 9.53 Å². The van der Waals surface area contributed by atoms with Gasteiger partial charge in [-0.25, -0.2) is 0 Å². The number of hydrogen-bond donors (Lipinski definition) is 1. The Kier molecular flexibility index (Phi) is 4.79. The minimum Gasteiger partial charge on any atom is -0.376 e. The zero-order chi connectivity index (χ0) is 15.4. The minimum absolute atomic E-state index is 0.163. The zero-order valence-corrected chi connectivity index (χ0v) is 13.2. The first-order chi connectivity index (χ1) is 10.7. The molecule has 1 aliphatic heterocycles. The van der Waals surface area contributed by atoms with Crippen molar-refractivity contribution in [3.63, 3.8) is 0 Å². The third kappa shape index (κ3) is 3.50. The molecule has 0 bridgehead atoms. The van der Waals surface area contributed by atoms with Gasteiger partial charge in [-0.15, -0.1) is 0 Å². The molecule has 1 aromatic rings. The summed E-state index contributed by atoms with van der Waals surface area (Å²) in [5.41, 5.74) is 6.89. The molecule has 1 unspecified atom stereocenters. The molecule has 120 valence electrons. The Labute approximate surface area is 132 Å². The molecule has 4 nitrogen and oxygen atoms in total. The molecular weight excluding hydrogens is 276 g/mol. The fraction of sp³-hybridized carbons (Fsp3) is 0.611.